The van der Waals surface area contributed by atoms with Crippen LogP contribution in [-0.2, 0) is 6.42 Å². The van der Waals surface area contributed by atoms with Crippen molar-refractivity contribution in [2.45, 2.75) is 51.9 Å². The third-order valence-corrected chi connectivity index (χ3v) is 3.25. The topological polar surface area (TPSA) is 40.5 Å². The molecular weight excluding hydrogens is 212 g/mol. The summed E-state index contributed by atoms with van der Waals surface area (Å²) < 4.78 is 0. The maximum atomic E-state index is 9.31. The predicted octanol–water partition coefficient (Wildman–Crippen LogP) is 3.58. The van der Waals surface area contributed by atoms with E-state index in [4.69, 9.17) is 5.11 Å². The van der Waals surface area contributed by atoms with Crippen molar-refractivity contribution in [1.29, 1.82) is 0 Å². The lowest BCUT2D eigenvalue weighted by atomic mass is 10.0. The zero-order valence-corrected chi connectivity index (χ0v) is 10.8. The van der Waals surface area contributed by atoms with E-state index in [9.17, 15) is 5.11 Å². The van der Waals surface area contributed by atoms with Crippen LogP contribution in [0.2, 0.25) is 0 Å². The van der Waals surface area contributed by atoms with E-state index in [2.05, 4.69) is 0 Å². The van der Waals surface area contributed by atoms with Gasteiger partial charge in [0, 0.05) is 6.61 Å². The van der Waals surface area contributed by atoms with E-state index in [0.717, 1.165) is 11.1 Å². The molecule has 0 spiro atoms. The number of phenolic OH excluding ortho intramolecular Hbond substituents is 1. The zero-order chi connectivity index (χ0) is 12.5. The van der Waals surface area contributed by atoms with E-state index >= 15 is 0 Å². The Bertz CT molecular complexity index is 285. The molecule has 1 saturated carbocycles. The van der Waals surface area contributed by atoms with Gasteiger partial charge in [-0.05, 0) is 30.5 Å². The Balaban J connectivity index is 0.000000202. The van der Waals surface area contributed by atoms with Crippen LogP contribution < -0.4 is 0 Å². The Morgan fingerprint density at radius 1 is 1.00 bits per heavy atom. The van der Waals surface area contributed by atoms with Gasteiger partial charge >= 0.3 is 0 Å². The predicted molar refractivity (Wildman–Crippen MR) is 71.3 cm³/mol. The molecule has 17 heavy (non-hydrogen) atoms. The molecule has 0 amide bonds. The van der Waals surface area contributed by atoms with Gasteiger partial charge in [-0.1, -0.05) is 50.7 Å². The van der Waals surface area contributed by atoms with Crippen LogP contribution in [0, 0.1) is 6.92 Å². The minimum absolute atomic E-state index is 0.0818. The molecule has 96 valence electrons. The van der Waals surface area contributed by atoms with Gasteiger partial charge in [0.1, 0.15) is 5.75 Å². The van der Waals surface area contributed by atoms with Gasteiger partial charge in [-0.2, -0.15) is 0 Å². The van der Waals surface area contributed by atoms with Crippen LogP contribution >= 0.6 is 0 Å². The summed E-state index contributed by atoms with van der Waals surface area (Å²) in [6.45, 7) is 2.00. The van der Waals surface area contributed by atoms with Gasteiger partial charge in [-0.3, -0.25) is 0 Å². The molecule has 2 heteroatoms. The average Bonchev–Trinajstić information content (AvgIpc) is 2.37. The molecule has 1 aromatic carbocycles. The number of aryl methyl sites for hydroxylation is 1. The van der Waals surface area contributed by atoms with Crippen LogP contribution in [0.25, 0.3) is 0 Å². The Kier molecular flexibility index (Phi) is 6.71. The van der Waals surface area contributed by atoms with Crippen LogP contribution in [0.15, 0.2) is 18.2 Å². The number of rotatable bonds is 2. The number of aromatic hydroxyl groups is 1. The molecule has 2 N–H and O–H groups in total. The molecule has 0 atom stereocenters. The van der Waals surface area contributed by atoms with Crippen LogP contribution in [0.3, 0.4) is 0 Å². The number of hydrogen-bond donors (Lipinski definition) is 2. The summed E-state index contributed by atoms with van der Waals surface area (Å²) in [5.41, 5.74) is 1.87. The average molecular weight is 236 g/mol. The van der Waals surface area contributed by atoms with E-state index in [1.807, 2.05) is 13.0 Å². The van der Waals surface area contributed by atoms with Crippen molar-refractivity contribution in [3.05, 3.63) is 29.3 Å². The largest absolute Gasteiger partial charge is 0.508 e. The molecule has 0 bridgehead atoms. The Hall–Kier alpha value is -1.02. The fourth-order valence-corrected chi connectivity index (χ4v) is 2.18. The number of aliphatic hydroxyl groups is 1. The second kappa shape index (κ2) is 8.13. The highest BCUT2D eigenvalue weighted by Gasteiger charge is 2.01. The molecule has 2 nitrogen and oxygen atoms in total. The molecule has 0 aromatic heterocycles. The van der Waals surface area contributed by atoms with Crippen LogP contribution in [0.5, 0.6) is 5.75 Å². The van der Waals surface area contributed by atoms with Gasteiger partial charge in [0.25, 0.3) is 0 Å². The summed E-state index contributed by atoms with van der Waals surface area (Å²) in [6, 6.07) is 5.36. The van der Waals surface area contributed by atoms with Crippen LogP contribution in [0.4, 0.5) is 0 Å². The Morgan fingerprint density at radius 2 is 1.53 bits per heavy atom. The van der Waals surface area contributed by atoms with Crippen molar-refractivity contribution in [1.82, 2.24) is 0 Å². The Morgan fingerprint density at radius 3 is 1.94 bits per heavy atom. The standard InChI is InChI=1S/C9H12O2.C6H12/c1-7-3-2-4-9(11)8(7)5-6-10;1-2-4-6-5-3-1/h2-4,10-11H,5-6H2,1H3;1-6H2. The van der Waals surface area contributed by atoms with E-state index < -0.39 is 0 Å². The highest BCUT2D eigenvalue weighted by Crippen LogP contribution is 2.20. The summed E-state index contributed by atoms with van der Waals surface area (Å²) >= 11 is 0. The first-order valence-corrected chi connectivity index (χ1v) is 6.64. The molecule has 1 fully saturated rings. The highest BCUT2D eigenvalue weighted by atomic mass is 16.3. The summed E-state index contributed by atoms with van der Waals surface area (Å²) in [6.07, 6.45) is 9.53. The van der Waals surface area contributed by atoms with Crippen molar-refractivity contribution in [3.8, 4) is 5.75 Å². The van der Waals surface area contributed by atoms with Gasteiger partial charge < -0.3 is 10.2 Å². The molecule has 0 heterocycles. The molecule has 2 rings (SSSR count). The summed E-state index contributed by atoms with van der Waals surface area (Å²) in [5, 5.41) is 18.0. The first-order valence-electron chi connectivity index (χ1n) is 6.64. The minimum atomic E-state index is 0.0818. The number of aliphatic hydroxyl groups excluding tert-OH is 1. The lowest BCUT2D eigenvalue weighted by Crippen LogP contribution is -1.93. The fourth-order valence-electron chi connectivity index (χ4n) is 2.18. The number of hydrogen-bond acceptors (Lipinski definition) is 2. The Labute approximate surface area is 104 Å². The lowest BCUT2D eigenvalue weighted by Gasteiger charge is -2.05. The highest BCUT2D eigenvalue weighted by molar-refractivity contribution is 5.38. The first-order chi connectivity index (χ1) is 8.25. The summed E-state index contributed by atoms with van der Waals surface area (Å²) in [5.74, 6) is 0.277. The van der Waals surface area contributed by atoms with Crippen LogP contribution in [0.1, 0.15) is 49.7 Å². The van der Waals surface area contributed by atoms with Crippen molar-refractivity contribution in [2.75, 3.05) is 6.61 Å². The third kappa shape index (κ3) is 5.22. The van der Waals surface area contributed by atoms with Crippen molar-refractivity contribution in [3.63, 3.8) is 0 Å². The van der Waals surface area contributed by atoms with E-state index in [-0.39, 0.29) is 12.4 Å². The normalized spacial score (nSPS) is 14.9. The maximum Gasteiger partial charge on any atom is 0.119 e. The molecule has 1 aliphatic rings. The lowest BCUT2D eigenvalue weighted by molar-refractivity contribution is 0.297. The first kappa shape index (κ1) is 14.0. The second-order valence-corrected chi connectivity index (χ2v) is 4.67. The third-order valence-electron chi connectivity index (χ3n) is 3.25. The quantitative estimate of drug-likeness (QED) is 0.824. The van der Waals surface area contributed by atoms with Crippen molar-refractivity contribution < 1.29 is 10.2 Å². The molecule has 1 aliphatic carbocycles. The van der Waals surface area contributed by atoms with Gasteiger partial charge in [0.05, 0.1) is 0 Å². The second-order valence-electron chi connectivity index (χ2n) is 4.67. The van der Waals surface area contributed by atoms with E-state index in [1.165, 1.54) is 38.5 Å². The van der Waals surface area contributed by atoms with Crippen molar-refractivity contribution in [2.24, 2.45) is 0 Å². The van der Waals surface area contributed by atoms with Gasteiger partial charge in [-0.25, -0.2) is 0 Å². The number of benzene rings is 1. The number of phenols is 1. The minimum Gasteiger partial charge on any atom is -0.508 e. The molecule has 1 aromatic rings. The van der Waals surface area contributed by atoms with Crippen molar-refractivity contribution >= 4 is 0 Å². The van der Waals surface area contributed by atoms with Gasteiger partial charge in [0.2, 0.25) is 0 Å². The summed E-state index contributed by atoms with van der Waals surface area (Å²) in [7, 11) is 0. The fraction of sp³-hybridized carbons (Fsp3) is 0.600. The monoisotopic (exact) mass is 236 g/mol. The molecule has 0 unspecified atom stereocenters. The molecule has 0 saturated heterocycles. The van der Waals surface area contributed by atoms with E-state index in [0.29, 0.717) is 6.42 Å². The SMILES string of the molecule is C1CCCCC1.Cc1cccc(O)c1CCO. The van der Waals surface area contributed by atoms with E-state index in [1.54, 1.807) is 12.1 Å². The molecule has 0 radical (unpaired) electrons. The maximum absolute atomic E-state index is 9.31. The van der Waals surface area contributed by atoms with Gasteiger partial charge in [-0.15, -0.1) is 0 Å². The summed E-state index contributed by atoms with van der Waals surface area (Å²) in [4.78, 5) is 0. The van der Waals surface area contributed by atoms with Crippen LogP contribution in [-0.4, -0.2) is 16.8 Å². The molecule has 0 aliphatic heterocycles. The zero-order valence-electron chi connectivity index (χ0n) is 10.8. The molecular formula is C15H24O2. The smallest absolute Gasteiger partial charge is 0.119 e. The van der Waals surface area contributed by atoms with Gasteiger partial charge in [0.15, 0.2) is 0 Å².